The Morgan fingerprint density at radius 3 is 2.81 bits per heavy atom. The minimum Gasteiger partial charge on any atom is -0.298 e. The highest BCUT2D eigenvalue weighted by Crippen LogP contribution is 2.16. The average molecular weight is 358 g/mol. The highest BCUT2D eigenvalue weighted by Gasteiger charge is 2.10. The maximum Gasteiger partial charge on any atom is 0.179 e. The van der Waals surface area contributed by atoms with Crippen LogP contribution in [0.4, 0.5) is 0 Å². The van der Waals surface area contributed by atoms with Crippen molar-refractivity contribution in [2.75, 3.05) is 6.54 Å². The fourth-order valence-corrected chi connectivity index (χ4v) is 2.87. The molecule has 0 aliphatic heterocycles. The van der Waals surface area contributed by atoms with Crippen molar-refractivity contribution in [1.29, 1.82) is 0 Å². The van der Waals surface area contributed by atoms with Crippen molar-refractivity contribution in [2.45, 2.75) is 20.4 Å². The third-order valence-corrected chi connectivity index (χ3v) is 4.27. The first kappa shape index (κ1) is 17.0. The lowest BCUT2D eigenvalue weighted by atomic mass is 10.1. The zero-order valence-corrected chi connectivity index (χ0v) is 15.1. The third-order valence-electron chi connectivity index (χ3n) is 4.27. The molecule has 4 rings (SSSR count). The summed E-state index contributed by atoms with van der Waals surface area (Å²) in [6.07, 6.45) is 1.79. The van der Waals surface area contributed by atoms with Crippen LogP contribution in [0.3, 0.4) is 0 Å². The standard InChI is InChI=1S/C20H18N6O/c1-13(27)11-22-14(2)17-7-8-19-20(23-17)26(25-24-19)12-15-5-6-18-16(10-15)4-3-9-21-18/h3-10H,11-12H2,1-2H3. The number of nitrogens with zero attached hydrogens (tertiary/aromatic N) is 6. The van der Waals surface area contributed by atoms with Crippen molar-refractivity contribution >= 4 is 33.6 Å². The fourth-order valence-electron chi connectivity index (χ4n) is 2.87. The number of carbonyl (C=O) groups is 1. The number of rotatable bonds is 5. The van der Waals surface area contributed by atoms with Crippen LogP contribution in [0.25, 0.3) is 22.1 Å². The second kappa shape index (κ2) is 7.03. The van der Waals surface area contributed by atoms with Crippen molar-refractivity contribution in [3.8, 4) is 0 Å². The molecule has 1 aromatic carbocycles. The Bertz CT molecular complexity index is 1180. The number of aliphatic imine (C=N–C) groups is 1. The fraction of sp³-hybridized carbons (Fsp3) is 0.200. The molecule has 4 aromatic rings. The van der Waals surface area contributed by atoms with Gasteiger partial charge in [0.2, 0.25) is 0 Å². The van der Waals surface area contributed by atoms with E-state index in [0.717, 1.165) is 33.4 Å². The number of aromatic nitrogens is 5. The van der Waals surface area contributed by atoms with E-state index in [-0.39, 0.29) is 12.3 Å². The van der Waals surface area contributed by atoms with E-state index >= 15 is 0 Å². The van der Waals surface area contributed by atoms with Gasteiger partial charge >= 0.3 is 0 Å². The van der Waals surface area contributed by atoms with Crippen LogP contribution in [0.2, 0.25) is 0 Å². The lowest BCUT2D eigenvalue weighted by Crippen LogP contribution is -2.06. The third kappa shape index (κ3) is 3.57. The number of hydrogen-bond acceptors (Lipinski definition) is 6. The molecule has 7 nitrogen and oxygen atoms in total. The van der Waals surface area contributed by atoms with Crippen molar-refractivity contribution in [2.24, 2.45) is 4.99 Å². The van der Waals surface area contributed by atoms with E-state index in [9.17, 15) is 4.79 Å². The highest BCUT2D eigenvalue weighted by molar-refractivity contribution is 5.99. The van der Waals surface area contributed by atoms with Gasteiger partial charge in [0.15, 0.2) is 11.4 Å². The minimum absolute atomic E-state index is 0.0212. The van der Waals surface area contributed by atoms with Crippen LogP contribution in [-0.4, -0.2) is 43.0 Å². The topological polar surface area (TPSA) is 85.9 Å². The minimum atomic E-state index is 0.0212. The van der Waals surface area contributed by atoms with Gasteiger partial charge in [0, 0.05) is 11.6 Å². The smallest absolute Gasteiger partial charge is 0.179 e. The molecule has 0 amide bonds. The highest BCUT2D eigenvalue weighted by atomic mass is 16.1. The Morgan fingerprint density at radius 2 is 1.96 bits per heavy atom. The van der Waals surface area contributed by atoms with Crippen LogP contribution in [0.1, 0.15) is 25.1 Å². The predicted molar refractivity (Wildman–Crippen MR) is 104 cm³/mol. The largest absolute Gasteiger partial charge is 0.298 e. The normalized spacial score (nSPS) is 12.0. The summed E-state index contributed by atoms with van der Waals surface area (Å²) in [6, 6.07) is 13.8. The number of fused-ring (bicyclic) bond motifs is 2. The molecular weight excluding hydrogens is 340 g/mol. The summed E-state index contributed by atoms with van der Waals surface area (Å²) >= 11 is 0. The number of carbonyl (C=O) groups excluding carboxylic acids is 1. The van der Waals surface area contributed by atoms with Gasteiger partial charge in [0.25, 0.3) is 0 Å². The molecule has 0 radical (unpaired) electrons. The van der Waals surface area contributed by atoms with Gasteiger partial charge in [-0.1, -0.05) is 17.3 Å². The van der Waals surface area contributed by atoms with Crippen LogP contribution in [0, 0.1) is 0 Å². The molecule has 0 saturated heterocycles. The second-order valence-corrected chi connectivity index (χ2v) is 6.42. The van der Waals surface area contributed by atoms with Crippen LogP contribution in [0.15, 0.2) is 53.7 Å². The molecule has 0 fully saturated rings. The van der Waals surface area contributed by atoms with E-state index in [1.807, 2.05) is 43.3 Å². The molecule has 134 valence electrons. The Kier molecular flexibility index (Phi) is 4.42. The molecule has 0 spiro atoms. The van der Waals surface area contributed by atoms with Gasteiger partial charge in [0.1, 0.15) is 5.52 Å². The maximum absolute atomic E-state index is 11.1. The molecule has 0 atom stereocenters. The van der Waals surface area contributed by atoms with Crippen LogP contribution < -0.4 is 0 Å². The van der Waals surface area contributed by atoms with E-state index in [2.05, 4.69) is 31.3 Å². The zero-order chi connectivity index (χ0) is 18.8. The van der Waals surface area contributed by atoms with E-state index in [1.165, 1.54) is 6.92 Å². The summed E-state index contributed by atoms with van der Waals surface area (Å²) in [5, 5.41) is 9.52. The van der Waals surface area contributed by atoms with E-state index in [4.69, 9.17) is 0 Å². The molecule has 0 aliphatic rings. The summed E-state index contributed by atoms with van der Waals surface area (Å²) in [7, 11) is 0. The van der Waals surface area contributed by atoms with Gasteiger partial charge in [-0.15, -0.1) is 5.10 Å². The van der Waals surface area contributed by atoms with Gasteiger partial charge in [-0.25, -0.2) is 9.67 Å². The number of benzene rings is 1. The molecule has 7 heteroatoms. The Morgan fingerprint density at radius 1 is 1.11 bits per heavy atom. The second-order valence-electron chi connectivity index (χ2n) is 6.42. The van der Waals surface area contributed by atoms with Gasteiger partial charge < -0.3 is 0 Å². The molecule has 3 heterocycles. The van der Waals surface area contributed by atoms with E-state index < -0.39 is 0 Å². The predicted octanol–water partition coefficient (Wildman–Crippen LogP) is 2.82. The summed E-state index contributed by atoms with van der Waals surface area (Å²) in [4.78, 5) is 24.4. The lowest BCUT2D eigenvalue weighted by molar-refractivity contribution is -0.115. The van der Waals surface area contributed by atoms with Crippen molar-refractivity contribution in [3.05, 3.63) is 59.9 Å². The van der Waals surface area contributed by atoms with Gasteiger partial charge in [-0.2, -0.15) is 0 Å². The SMILES string of the molecule is CC(=O)CN=C(C)c1ccc2nnn(Cc3ccc4ncccc4c3)c2n1. The summed E-state index contributed by atoms with van der Waals surface area (Å²) < 4.78 is 1.77. The number of hydrogen-bond donors (Lipinski definition) is 0. The monoisotopic (exact) mass is 358 g/mol. The molecule has 0 N–H and O–H groups in total. The van der Waals surface area contributed by atoms with E-state index in [1.54, 1.807) is 10.9 Å². The Hall–Kier alpha value is -3.48. The van der Waals surface area contributed by atoms with E-state index in [0.29, 0.717) is 12.2 Å². The van der Waals surface area contributed by atoms with Crippen molar-refractivity contribution in [1.82, 2.24) is 25.0 Å². The number of ketones is 1. The summed E-state index contributed by atoms with van der Waals surface area (Å²) in [5.41, 5.74) is 4.90. The first-order chi connectivity index (χ1) is 13.1. The van der Waals surface area contributed by atoms with Crippen molar-refractivity contribution < 1.29 is 4.79 Å². The average Bonchev–Trinajstić information content (AvgIpc) is 3.08. The summed E-state index contributed by atoms with van der Waals surface area (Å²) in [5.74, 6) is 0.0212. The van der Waals surface area contributed by atoms with Crippen molar-refractivity contribution in [3.63, 3.8) is 0 Å². The maximum atomic E-state index is 11.1. The van der Waals surface area contributed by atoms with Gasteiger partial charge in [-0.05, 0) is 49.7 Å². The summed E-state index contributed by atoms with van der Waals surface area (Å²) in [6.45, 7) is 4.09. The van der Waals surface area contributed by atoms with Crippen LogP contribution >= 0.6 is 0 Å². The number of pyridine rings is 2. The zero-order valence-electron chi connectivity index (χ0n) is 15.1. The first-order valence-electron chi connectivity index (χ1n) is 8.65. The van der Waals surface area contributed by atoms with Crippen LogP contribution in [0.5, 0.6) is 0 Å². The molecule has 0 unspecified atom stereocenters. The molecule has 27 heavy (non-hydrogen) atoms. The molecule has 3 aromatic heterocycles. The molecule has 0 bridgehead atoms. The Labute approximate surface area is 155 Å². The Balaban J connectivity index is 1.67. The van der Waals surface area contributed by atoms with Crippen LogP contribution in [-0.2, 0) is 11.3 Å². The molecular formula is C20H18N6O. The molecule has 0 aliphatic carbocycles. The number of Topliss-reactive ketones (excluding diaryl/α,β-unsaturated/α-hetero) is 1. The van der Waals surface area contributed by atoms with Gasteiger partial charge in [-0.3, -0.25) is 14.8 Å². The van der Waals surface area contributed by atoms with Gasteiger partial charge in [0.05, 0.1) is 30.0 Å². The quantitative estimate of drug-likeness (QED) is 0.512. The molecule has 0 saturated carbocycles. The lowest BCUT2D eigenvalue weighted by Gasteiger charge is -2.05. The first-order valence-corrected chi connectivity index (χ1v) is 8.65.